The number of hydrogen-bond acceptors (Lipinski definition) is 4. The molecular formula is C20H24N4O2S. The normalized spacial score (nSPS) is 17.7. The predicted octanol–water partition coefficient (Wildman–Crippen LogP) is 3.52. The van der Waals surface area contributed by atoms with E-state index in [4.69, 9.17) is 0 Å². The van der Waals surface area contributed by atoms with Gasteiger partial charge in [-0.3, -0.25) is 9.69 Å². The number of likely N-dealkylation sites (tertiary alicyclic amines) is 1. The standard InChI is InChI=1S/C20H24N4O2S/c1-15-7-3-4-8-16(15)14-23-11-12-24(20(23)26)19-21-13-17(27-19)18(25)22-9-5-2-6-10-22/h3-4,7-8,13H,2,5-6,9-12,14H2,1H3. The second-order valence-corrected chi connectivity index (χ2v) is 8.15. The summed E-state index contributed by atoms with van der Waals surface area (Å²) in [6, 6.07) is 8.09. The number of nitrogens with zero attached hydrogens (tertiary/aromatic N) is 4. The van der Waals surface area contributed by atoms with E-state index in [1.807, 2.05) is 21.9 Å². The molecule has 2 aromatic rings. The molecule has 7 heteroatoms. The van der Waals surface area contributed by atoms with Gasteiger partial charge in [-0.2, -0.15) is 0 Å². The van der Waals surface area contributed by atoms with Gasteiger partial charge in [0, 0.05) is 32.7 Å². The fourth-order valence-corrected chi connectivity index (χ4v) is 4.54. The van der Waals surface area contributed by atoms with Crippen molar-refractivity contribution in [2.45, 2.75) is 32.7 Å². The van der Waals surface area contributed by atoms with Crippen LogP contribution in [0.15, 0.2) is 30.5 Å². The molecule has 4 rings (SSSR count). The van der Waals surface area contributed by atoms with Crippen molar-refractivity contribution in [1.82, 2.24) is 14.8 Å². The number of anilines is 1. The van der Waals surface area contributed by atoms with Crippen LogP contribution in [0, 0.1) is 6.92 Å². The Hall–Kier alpha value is -2.41. The summed E-state index contributed by atoms with van der Waals surface area (Å²) in [7, 11) is 0. The fourth-order valence-electron chi connectivity index (χ4n) is 3.64. The van der Waals surface area contributed by atoms with Crippen LogP contribution in [0.3, 0.4) is 0 Å². The minimum atomic E-state index is -0.0374. The Morgan fingerprint density at radius 3 is 2.67 bits per heavy atom. The highest BCUT2D eigenvalue weighted by molar-refractivity contribution is 7.17. The number of aromatic nitrogens is 1. The molecule has 0 radical (unpaired) electrons. The molecule has 0 unspecified atom stereocenters. The molecule has 0 atom stereocenters. The van der Waals surface area contributed by atoms with Crippen molar-refractivity contribution in [2.24, 2.45) is 0 Å². The summed E-state index contributed by atoms with van der Waals surface area (Å²) in [5.41, 5.74) is 2.35. The third kappa shape index (κ3) is 3.69. The number of urea groups is 1. The highest BCUT2D eigenvalue weighted by Gasteiger charge is 2.32. The molecule has 1 aromatic carbocycles. The van der Waals surface area contributed by atoms with Crippen LogP contribution >= 0.6 is 11.3 Å². The van der Waals surface area contributed by atoms with Gasteiger partial charge in [-0.15, -0.1) is 0 Å². The third-order valence-electron chi connectivity index (χ3n) is 5.30. The number of rotatable bonds is 4. The van der Waals surface area contributed by atoms with Crippen molar-refractivity contribution in [1.29, 1.82) is 0 Å². The Balaban J connectivity index is 1.44. The number of thiazole rings is 1. The molecule has 2 aliphatic rings. The molecular weight excluding hydrogens is 360 g/mol. The van der Waals surface area contributed by atoms with E-state index in [2.05, 4.69) is 24.0 Å². The maximum atomic E-state index is 12.8. The minimum Gasteiger partial charge on any atom is -0.338 e. The van der Waals surface area contributed by atoms with Crippen molar-refractivity contribution in [3.8, 4) is 0 Å². The van der Waals surface area contributed by atoms with Crippen LogP contribution in [0.25, 0.3) is 0 Å². The van der Waals surface area contributed by atoms with Crippen molar-refractivity contribution < 1.29 is 9.59 Å². The Bertz CT molecular complexity index is 844. The number of carbonyl (C=O) groups is 2. The molecule has 6 nitrogen and oxygen atoms in total. The van der Waals surface area contributed by atoms with Crippen LogP contribution in [-0.4, -0.2) is 52.9 Å². The van der Waals surface area contributed by atoms with Gasteiger partial charge in [-0.1, -0.05) is 35.6 Å². The number of amides is 3. The smallest absolute Gasteiger partial charge is 0.326 e. The molecule has 3 amide bonds. The highest BCUT2D eigenvalue weighted by atomic mass is 32.1. The predicted molar refractivity (Wildman–Crippen MR) is 106 cm³/mol. The van der Waals surface area contributed by atoms with Gasteiger partial charge in [-0.05, 0) is 37.3 Å². The summed E-state index contributed by atoms with van der Waals surface area (Å²) >= 11 is 1.32. The summed E-state index contributed by atoms with van der Waals surface area (Å²) in [5, 5.41) is 0.618. The van der Waals surface area contributed by atoms with Gasteiger partial charge in [0.1, 0.15) is 4.88 Å². The van der Waals surface area contributed by atoms with Crippen LogP contribution in [0.5, 0.6) is 0 Å². The fraction of sp³-hybridized carbons (Fsp3) is 0.450. The van der Waals surface area contributed by atoms with Gasteiger partial charge in [-0.25, -0.2) is 9.78 Å². The molecule has 3 heterocycles. The number of piperidine rings is 1. The van der Waals surface area contributed by atoms with E-state index in [1.54, 1.807) is 11.1 Å². The number of aryl methyl sites for hydroxylation is 1. The lowest BCUT2D eigenvalue weighted by atomic mass is 10.1. The Morgan fingerprint density at radius 2 is 1.89 bits per heavy atom. The van der Waals surface area contributed by atoms with Crippen LogP contribution in [0.1, 0.15) is 40.1 Å². The summed E-state index contributed by atoms with van der Waals surface area (Å²) in [6.45, 7) is 5.58. The van der Waals surface area contributed by atoms with E-state index in [0.717, 1.165) is 31.5 Å². The second kappa shape index (κ2) is 7.68. The molecule has 2 aliphatic heterocycles. The van der Waals surface area contributed by atoms with Crippen LogP contribution < -0.4 is 4.90 Å². The molecule has 0 bridgehead atoms. The number of carbonyl (C=O) groups excluding carboxylic acids is 2. The van der Waals surface area contributed by atoms with Crippen molar-refractivity contribution in [2.75, 3.05) is 31.1 Å². The average Bonchev–Trinajstić information content (AvgIpc) is 3.31. The first kappa shape index (κ1) is 18.0. The van der Waals surface area contributed by atoms with E-state index >= 15 is 0 Å². The second-order valence-electron chi connectivity index (χ2n) is 7.14. The van der Waals surface area contributed by atoms with Crippen molar-refractivity contribution in [3.63, 3.8) is 0 Å². The number of benzene rings is 1. The minimum absolute atomic E-state index is 0.0374. The van der Waals surface area contributed by atoms with Crippen LogP contribution in [-0.2, 0) is 6.54 Å². The molecule has 1 aromatic heterocycles. The first-order valence-electron chi connectivity index (χ1n) is 9.49. The van der Waals surface area contributed by atoms with Crippen molar-refractivity contribution in [3.05, 3.63) is 46.5 Å². The lowest BCUT2D eigenvalue weighted by Crippen LogP contribution is -2.35. The van der Waals surface area contributed by atoms with Crippen molar-refractivity contribution >= 4 is 28.4 Å². The maximum Gasteiger partial charge on any atom is 0.326 e. The lowest BCUT2D eigenvalue weighted by molar-refractivity contribution is 0.0729. The summed E-state index contributed by atoms with van der Waals surface area (Å²) in [5.74, 6) is 0.0434. The largest absolute Gasteiger partial charge is 0.338 e. The van der Waals surface area contributed by atoms with Gasteiger partial charge >= 0.3 is 6.03 Å². The van der Waals surface area contributed by atoms with Gasteiger partial charge in [0.15, 0.2) is 5.13 Å². The molecule has 0 N–H and O–H groups in total. The first-order chi connectivity index (χ1) is 13.1. The molecule has 27 heavy (non-hydrogen) atoms. The van der Waals surface area contributed by atoms with Gasteiger partial charge < -0.3 is 9.80 Å². The molecule has 142 valence electrons. The third-order valence-corrected chi connectivity index (χ3v) is 6.30. The zero-order valence-corrected chi connectivity index (χ0v) is 16.4. The quantitative estimate of drug-likeness (QED) is 0.810. The van der Waals surface area contributed by atoms with Gasteiger partial charge in [0.25, 0.3) is 5.91 Å². The summed E-state index contributed by atoms with van der Waals surface area (Å²) < 4.78 is 0. The van der Waals surface area contributed by atoms with E-state index < -0.39 is 0 Å². The Kier molecular flexibility index (Phi) is 5.11. The van der Waals surface area contributed by atoms with Gasteiger partial charge in [0.05, 0.1) is 6.20 Å². The number of hydrogen-bond donors (Lipinski definition) is 0. The monoisotopic (exact) mass is 384 g/mol. The Morgan fingerprint density at radius 1 is 1.11 bits per heavy atom. The molecule has 2 saturated heterocycles. The van der Waals surface area contributed by atoms with E-state index in [-0.39, 0.29) is 11.9 Å². The summed E-state index contributed by atoms with van der Waals surface area (Å²) in [4.78, 5) is 35.9. The topological polar surface area (TPSA) is 56.8 Å². The Labute approximate surface area is 163 Å². The summed E-state index contributed by atoms with van der Waals surface area (Å²) in [6.07, 6.45) is 4.94. The maximum absolute atomic E-state index is 12.8. The van der Waals surface area contributed by atoms with Gasteiger partial charge in [0.2, 0.25) is 0 Å². The van der Waals surface area contributed by atoms with E-state index in [1.165, 1.54) is 23.3 Å². The van der Waals surface area contributed by atoms with E-state index in [0.29, 0.717) is 29.6 Å². The lowest BCUT2D eigenvalue weighted by Gasteiger charge is -2.25. The molecule has 2 fully saturated rings. The van der Waals surface area contributed by atoms with Crippen LogP contribution in [0.2, 0.25) is 0 Å². The first-order valence-corrected chi connectivity index (χ1v) is 10.3. The molecule has 0 saturated carbocycles. The molecule has 0 aliphatic carbocycles. The SMILES string of the molecule is Cc1ccccc1CN1CCN(c2ncc(C(=O)N3CCCCC3)s2)C1=O. The van der Waals surface area contributed by atoms with E-state index in [9.17, 15) is 9.59 Å². The zero-order valence-electron chi connectivity index (χ0n) is 15.6. The highest BCUT2D eigenvalue weighted by Crippen LogP contribution is 2.28. The van der Waals surface area contributed by atoms with Crippen LogP contribution in [0.4, 0.5) is 9.93 Å². The average molecular weight is 385 g/mol. The molecule has 0 spiro atoms. The zero-order chi connectivity index (χ0) is 18.8.